The van der Waals surface area contributed by atoms with Crippen LogP contribution in [0.15, 0.2) is 45.9 Å². The molecule has 0 aliphatic rings. The van der Waals surface area contributed by atoms with Crippen LogP contribution in [0, 0.1) is 15.9 Å². The molecule has 1 aromatic heterocycles. The summed E-state index contributed by atoms with van der Waals surface area (Å²) in [6, 6.07) is 5.64. The third-order valence-electron chi connectivity index (χ3n) is 2.78. The Morgan fingerprint density at radius 3 is 2.67 bits per heavy atom. The van der Waals surface area contributed by atoms with Crippen molar-refractivity contribution in [2.45, 2.75) is 11.4 Å². The summed E-state index contributed by atoms with van der Waals surface area (Å²) in [5.74, 6) is -0.676. The second-order valence-corrected chi connectivity index (χ2v) is 6.26. The number of nitro groups is 1. The summed E-state index contributed by atoms with van der Waals surface area (Å²) in [6.45, 7) is -0.0412. The van der Waals surface area contributed by atoms with Crippen molar-refractivity contribution >= 4 is 15.7 Å². The van der Waals surface area contributed by atoms with Crippen molar-refractivity contribution in [2.24, 2.45) is 0 Å². The Morgan fingerprint density at radius 2 is 2.10 bits per heavy atom. The van der Waals surface area contributed by atoms with Crippen molar-refractivity contribution in [3.63, 3.8) is 0 Å². The van der Waals surface area contributed by atoms with Crippen molar-refractivity contribution in [1.82, 2.24) is 4.31 Å². The number of sulfonamides is 1. The lowest BCUT2D eigenvalue weighted by atomic mass is 10.3. The Kier molecular flexibility index (Phi) is 4.05. The minimum absolute atomic E-state index is 0.0412. The van der Waals surface area contributed by atoms with Gasteiger partial charge in [-0.15, -0.1) is 0 Å². The Hall–Kier alpha value is -2.26. The number of hydrogen-bond donors (Lipinski definition) is 0. The van der Waals surface area contributed by atoms with Gasteiger partial charge < -0.3 is 4.42 Å². The molecule has 1 heterocycles. The molecule has 0 saturated heterocycles. The van der Waals surface area contributed by atoms with Gasteiger partial charge in [0.05, 0.1) is 22.6 Å². The van der Waals surface area contributed by atoms with E-state index < -0.39 is 26.5 Å². The van der Waals surface area contributed by atoms with Crippen molar-refractivity contribution < 1.29 is 22.1 Å². The summed E-state index contributed by atoms with van der Waals surface area (Å²) in [7, 11) is -2.69. The molecule has 9 heteroatoms. The van der Waals surface area contributed by atoms with Gasteiger partial charge >= 0.3 is 5.69 Å². The summed E-state index contributed by atoms with van der Waals surface area (Å²) in [4.78, 5) is 9.34. The van der Waals surface area contributed by atoms with Gasteiger partial charge in [-0.2, -0.15) is 8.70 Å². The lowest BCUT2D eigenvalue weighted by Gasteiger charge is -2.15. The number of benzene rings is 1. The van der Waals surface area contributed by atoms with E-state index in [2.05, 4.69) is 0 Å². The van der Waals surface area contributed by atoms with Crippen LogP contribution in [0.3, 0.4) is 0 Å². The molecule has 0 spiro atoms. The van der Waals surface area contributed by atoms with Crippen molar-refractivity contribution in [1.29, 1.82) is 0 Å². The van der Waals surface area contributed by atoms with Crippen LogP contribution >= 0.6 is 0 Å². The van der Waals surface area contributed by atoms with Crippen LogP contribution in [0.2, 0.25) is 0 Å². The number of halogens is 1. The molecule has 21 heavy (non-hydrogen) atoms. The first kappa shape index (κ1) is 15.1. The topological polar surface area (TPSA) is 93.7 Å². The lowest BCUT2D eigenvalue weighted by Crippen LogP contribution is -2.26. The van der Waals surface area contributed by atoms with Crippen molar-refractivity contribution in [3.05, 3.63) is 58.3 Å². The smallest absolute Gasteiger partial charge is 0.306 e. The molecule has 0 aliphatic heterocycles. The fraction of sp³-hybridized carbons (Fsp3) is 0.167. The molecule has 1 aromatic carbocycles. The second kappa shape index (κ2) is 5.62. The first-order valence-corrected chi connectivity index (χ1v) is 7.19. The third-order valence-corrected chi connectivity index (χ3v) is 4.58. The molecule has 0 radical (unpaired) electrons. The van der Waals surface area contributed by atoms with Gasteiger partial charge in [-0.05, 0) is 24.3 Å². The van der Waals surface area contributed by atoms with Gasteiger partial charge in [-0.1, -0.05) is 0 Å². The van der Waals surface area contributed by atoms with Crippen LogP contribution in [0.1, 0.15) is 5.76 Å². The van der Waals surface area contributed by atoms with Gasteiger partial charge in [0.25, 0.3) is 0 Å². The highest BCUT2D eigenvalue weighted by Crippen LogP contribution is 2.24. The number of nitrogens with zero attached hydrogens (tertiary/aromatic N) is 2. The Labute approximate surface area is 119 Å². The molecular formula is C12H11FN2O5S. The second-order valence-electron chi connectivity index (χ2n) is 4.21. The van der Waals surface area contributed by atoms with E-state index >= 15 is 0 Å². The average molecular weight is 314 g/mol. The van der Waals surface area contributed by atoms with Gasteiger partial charge in [-0.25, -0.2) is 8.42 Å². The number of hydrogen-bond acceptors (Lipinski definition) is 5. The first-order chi connectivity index (χ1) is 9.82. The Balaban J connectivity index is 2.35. The maximum Gasteiger partial charge on any atom is 0.306 e. The number of furan rings is 1. The van der Waals surface area contributed by atoms with Crippen LogP contribution in [0.25, 0.3) is 0 Å². The third kappa shape index (κ3) is 3.09. The molecule has 112 valence electrons. The normalized spacial score (nSPS) is 11.8. The zero-order valence-electron chi connectivity index (χ0n) is 10.9. The van der Waals surface area contributed by atoms with E-state index in [1.54, 1.807) is 12.1 Å². The molecule has 0 unspecified atom stereocenters. The minimum atomic E-state index is -3.99. The SMILES string of the molecule is CN(Cc1ccco1)S(=O)(=O)c1ccc(F)c([N+](=O)[O-])c1. The molecule has 0 N–H and O–H groups in total. The predicted molar refractivity (Wildman–Crippen MR) is 70.4 cm³/mol. The van der Waals surface area contributed by atoms with E-state index in [1.165, 1.54) is 13.3 Å². The molecule has 2 aromatic rings. The lowest BCUT2D eigenvalue weighted by molar-refractivity contribution is -0.387. The van der Waals surface area contributed by atoms with Gasteiger partial charge in [0.2, 0.25) is 15.8 Å². The molecule has 0 amide bonds. The van der Waals surface area contributed by atoms with Crippen LogP contribution in [-0.2, 0) is 16.6 Å². The predicted octanol–water partition coefficient (Wildman–Crippen LogP) is 2.15. The quantitative estimate of drug-likeness (QED) is 0.622. The van der Waals surface area contributed by atoms with Gasteiger partial charge in [-0.3, -0.25) is 10.1 Å². The fourth-order valence-electron chi connectivity index (χ4n) is 1.68. The summed E-state index contributed by atoms with van der Waals surface area (Å²) in [6.07, 6.45) is 1.40. The number of nitro benzene ring substituents is 1. The van der Waals surface area contributed by atoms with Crippen LogP contribution in [-0.4, -0.2) is 24.7 Å². The molecule has 0 atom stereocenters. The summed E-state index contributed by atoms with van der Waals surface area (Å²) in [5, 5.41) is 10.7. The minimum Gasteiger partial charge on any atom is -0.468 e. The molecule has 0 aliphatic carbocycles. The standard InChI is InChI=1S/C12H11FN2O5S/c1-14(8-9-3-2-6-20-9)21(18,19)10-4-5-11(13)12(7-10)15(16)17/h2-7H,8H2,1H3. The van der Waals surface area contributed by atoms with E-state index in [9.17, 15) is 22.9 Å². The highest BCUT2D eigenvalue weighted by molar-refractivity contribution is 7.89. The zero-order chi connectivity index (χ0) is 15.6. The average Bonchev–Trinajstić information content (AvgIpc) is 2.91. The van der Waals surface area contributed by atoms with E-state index in [-0.39, 0.29) is 11.4 Å². The Bertz CT molecular complexity index is 758. The maximum absolute atomic E-state index is 13.2. The highest BCUT2D eigenvalue weighted by Gasteiger charge is 2.25. The van der Waals surface area contributed by atoms with Gasteiger partial charge in [0.15, 0.2) is 0 Å². The summed E-state index contributed by atoms with van der Waals surface area (Å²) in [5.41, 5.74) is -0.887. The molecule has 2 rings (SSSR count). The molecule has 0 fully saturated rings. The van der Waals surface area contributed by atoms with Crippen LogP contribution in [0.4, 0.5) is 10.1 Å². The van der Waals surface area contributed by atoms with E-state index in [1.807, 2.05) is 0 Å². The monoisotopic (exact) mass is 314 g/mol. The summed E-state index contributed by atoms with van der Waals surface area (Å²) >= 11 is 0. The van der Waals surface area contributed by atoms with E-state index in [0.717, 1.165) is 16.4 Å². The van der Waals surface area contributed by atoms with Gasteiger partial charge in [0, 0.05) is 13.1 Å². The first-order valence-electron chi connectivity index (χ1n) is 5.75. The van der Waals surface area contributed by atoms with Gasteiger partial charge in [0.1, 0.15) is 5.76 Å². The molecule has 0 bridgehead atoms. The van der Waals surface area contributed by atoms with E-state index in [4.69, 9.17) is 4.42 Å². The maximum atomic E-state index is 13.2. The largest absolute Gasteiger partial charge is 0.468 e. The Morgan fingerprint density at radius 1 is 1.38 bits per heavy atom. The molecular weight excluding hydrogens is 303 g/mol. The molecule has 0 saturated carbocycles. The number of rotatable bonds is 5. The van der Waals surface area contributed by atoms with Crippen LogP contribution < -0.4 is 0 Å². The van der Waals surface area contributed by atoms with E-state index in [0.29, 0.717) is 11.8 Å². The zero-order valence-corrected chi connectivity index (χ0v) is 11.7. The molecule has 7 nitrogen and oxygen atoms in total. The highest BCUT2D eigenvalue weighted by atomic mass is 32.2. The summed E-state index contributed by atoms with van der Waals surface area (Å²) < 4.78 is 43.8. The fourth-order valence-corrected chi connectivity index (χ4v) is 2.84. The van der Waals surface area contributed by atoms with Crippen molar-refractivity contribution in [3.8, 4) is 0 Å². The van der Waals surface area contributed by atoms with Crippen LogP contribution in [0.5, 0.6) is 0 Å². The van der Waals surface area contributed by atoms with Crippen molar-refractivity contribution in [2.75, 3.05) is 7.05 Å².